The number of para-hydroxylation sites is 1. The summed E-state index contributed by atoms with van der Waals surface area (Å²) in [6, 6.07) is 3.16. The molecule has 112 valence electrons. The van der Waals surface area contributed by atoms with Crippen molar-refractivity contribution < 1.29 is 18.0 Å². The van der Waals surface area contributed by atoms with Gasteiger partial charge in [0, 0.05) is 0 Å². The first-order chi connectivity index (χ1) is 9.93. The molecule has 0 aliphatic carbocycles. The molecule has 5 N–H and O–H groups in total. The van der Waals surface area contributed by atoms with Crippen LogP contribution in [0.15, 0.2) is 18.2 Å². The second-order valence-electron chi connectivity index (χ2n) is 3.88. The number of alkyl halides is 3. The minimum absolute atomic E-state index is 0.0877. The molecule has 1 aromatic heterocycles. The van der Waals surface area contributed by atoms with E-state index in [0.717, 1.165) is 12.1 Å². The fourth-order valence-electron chi connectivity index (χ4n) is 1.65. The first kappa shape index (κ1) is 14.7. The number of hydrogen-bond acceptors (Lipinski definition) is 6. The number of nitrogens with zero attached hydrogens (tertiary/aromatic N) is 3. The van der Waals surface area contributed by atoms with E-state index in [1.165, 1.54) is 6.07 Å². The molecule has 2 aromatic rings. The number of aromatic amines is 1. The van der Waals surface area contributed by atoms with E-state index in [0.29, 0.717) is 0 Å². The summed E-state index contributed by atoms with van der Waals surface area (Å²) in [5.74, 6) is 4.55. The van der Waals surface area contributed by atoms with Gasteiger partial charge in [0.25, 0.3) is 5.91 Å². The highest BCUT2D eigenvalue weighted by Crippen LogP contribution is 2.36. The lowest BCUT2D eigenvalue weighted by Crippen LogP contribution is -2.26. The Hall–Kier alpha value is -2.69. The minimum Gasteiger partial charge on any atom is -0.345 e. The van der Waals surface area contributed by atoms with E-state index in [4.69, 9.17) is 5.84 Å². The summed E-state index contributed by atoms with van der Waals surface area (Å²) in [7, 11) is 0. The summed E-state index contributed by atoms with van der Waals surface area (Å²) in [5, 5.41) is 15.0. The molecule has 0 bridgehead atoms. The quantitative estimate of drug-likeness (QED) is 0.480. The Morgan fingerprint density at radius 2 is 2.14 bits per heavy atom. The zero-order valence-electron chi connectivity index (χ0n) is 10.4. The number of hydrazine groups is 1. The lowest BCUT2D eigenvalue weighted by atomic mass is 10.1. The van der Waals surface area contributed by atoms with Crippen LogP contribution in [0.2, 0.25) is 0 Å². The Labute approximate surface area is 115 Å². The Bertz CT molecular complexity index is 626. The number of aromatic nitrogens is 4. The minimum atomic E-state index is -4.63. The second kappa shape index (κ2) is 5.75. The SMILES string of the molecule is NNc1c(C(=O)NCc2nn[nH]n2)cccc1C(F)(F)F. The molecule has 0 radical (unpaired) electrons. The largest absolute Gasteiger partial charge is 0.418 e. The fourth-order valence-corrected chi connectivity index (χ4v) is 1.65. The highest BCUT2D eigenvalue weighted by Gasteiger charge is 2.35. The van der Waals surface area contributed by atoms with Gasteiger partial charge in [0.2, 0.25) is 0 Å². The third-order valence-electron chi connectivity index (χ3n) is 2.56. The number of H-pyrrole nitrogens is 1. The van der Waals surface area contributed by atoms with Crippen molar-refractivity contribution in [2.45, 2.75) is 12.7 Å². The number of anilines is 1. The zero-order chi connectivity index (χ0) is 15.5. The highest BCUT2D eigenvalue weighted by atomic mass is 19.4. The number of carbonyl (C=O) groups is 1. The van der Waals surface area contributed by atoms with E-state index >= 15 is 0 Å². The molecule has 1 heterocycles. The Morgan fingerprint density at radius 1 is 1.38 bits per heavy atom. The average Bonchev–Trinajstić information content (AvgIpc) is 2.96. The van der Waals surface area contributed by atoms with Gasteiger partial charge >= 0.3 is 6.18 Å². The molecular formula is C10H10F3N7O. The van der Waals surface area contributed by atoms with Crippen molar-refractivity contribution in [2.24, 2.45) is 5.84 Å². The van der Waals surface area contributed by atoms with Gasteiger partial charge in [-0.15, -0.1) is 10.2 Å². The molecule has 0 spiro atoms. The molecule has 8 nitrogen and oxygen atoms in total. The fraction of sp³-hybridized carbons (Fsp3) is 0.200. The number of carbonyl (C=O) groups excluding carboxylic acids is 1. The van der Waals surface area contributed by atoms with Gasteiger partial charge in [0.05, 0.1) is 23.4 Å². The van der Waals surface area contributed by atoms with Crippen molar-refractivity contribution in [3.63, 3.8) is 0 Å². The molecule has 0 atom stereocenters. The number of nitrogens with one attached hydrogen (secondary N) is 3. The van der Waals surface area contributed by atoms with E-state index in [2.05, 4.69) is 25.9 Å². The van der Waals surface area contributed by atoms with Crippen LogP contribution in [0.1, 0.15) is 21.7 Å². The summed E-state index contributed by atoms with van der Waals surface area (Å²) in [6.45, 7) is -0.0877. The molecular weight excluding hydrogens is 291 g/mol. The second-order valence-corrected chi connectivity index (χ2v) is 3.88. The summed E-state index contributed by atoms with van der Waals surface area (Å²) in [5.41, 5.74) is 0.140. The third-order valence-corrected chi connectivity index (χ3v) is 2.56. The van der Waals surface area contributed by atoms with Crippen molar-refractivity contribution in [3.05, 3.63) is 35.2 Å². The van der Waals surface area contributed by atoms with E-state index in [-0.39, 0.29) is 17.9 Å². The first-order valence-electron chi connectivity index (χ1n) is 5.61. The van der Waals surface area contributed by atoms with Crippen LogP contribution in [0.5, 0.6) is 0 Å². The lowest BCUT2D eigenvalue weighted by molar-refractivity contribution is -0.137. The normalized spacial score (nSPS) is 11.2. The number of rotatable bonds is 4. The monoisotopic (exact) mass is 301 g/mol. The summed E-state index contributed by atoms with van der Waals surface area (Å²) in [4.78, 5) is 11.9. The molecule has 0 fully saturated rings. The van der Waals surface area contributed by atoms with Gasteiger partial charge in [0.1, 0.15) is 0 Å². The number of amides is 1. The van der Waals surface area contributed by atoms with E-state index in [1.54, 1.807) is 0 Å². The molecule has 2 rings (SSSR count). The predicted molar refractivity (Wildman–Crippen MR) is 64.6 cm³/mol. The number of halogens is 3. The zero-order valence-corrected chi connectivity index (χ0v) is 10.4. The van der Waals surface area contributed by atoms with Crippen molar-refractivity contribution in [1.82, 2.24) is 25.9 Å². The summed E-state index contributed by atoms with van der Waals surface area (Å²) < 4.78 is 38.5. The maximum atomic E-state index is 12.8. The van der Waals surface area contributed by atoms with Crippen LogP contribution in [-0.2, 0) is 12.7 Å². The molecule has 11 heteroatoms. The van der Waals surface area contributed by atoms with Crippen LogP contribution in [0.3, 0.4) is 0 Å². The van der Waals surface area contributed by atoms with Crippen LogP contribution < -0.4 is 16.6 Å². The summed E-state index contributed by atoms with van der Waals surface area (Å²) in [6.07, 6.45) is -4.63. The van der Waals surface area contributed by atoms with Crippen LogP contribution in [0.4, 0.5) is 18.9 Å². The number of nitrogens with two attached hydrogens (primary N) is 1. The molecule has 21 heavy (non-hydrogen) atoms. The standard InChI is InChI=1S/C10H10F3N7O/c11-10(12,13)6-3-1-2-5(8(6)16-14)9(21)15-4-7-17-19-20-18-7/h1-3,16H,4,14H2,(H,15,21)(H,17,18,19,20). The van der Waals surface area contributed by atoms with E-state index in [9.17, 15) is 18.0 Å². The number of hydrogen-bond donors (Lipinski definition) is 4. The van der Waals surface area contributed by atoms with Crippen molar-refractivity contribution in [1.29, 1.82) is 0 Å². The molecule has 0 unspecified atom stereocenters. The van der Waals surface area contributed by atoms with Gasteiger partial charge in [0.15, 0.2) is 5.82 Å². The number of tetrazole rings is 1. The van der Waals surface area contributed by atoms with Crippen LogP contribution in [-0.4, -0.2) is 26.5 Å². The Kier molecular flexibility index (Phi) is 4.03. The maximum absolute atomic E-state index is 12.8. The molecule has 0 aliphatic rings. The van der Waals surface area contributed by atoms with Crippen LogP contribution in [0, 0.1) is 0 Å². The predicted octanol–water partition coefficient (Wildman–Crippen LogP) is 0.434. The highest BCUT2D eigenvalue weighted by molar-refractivity contribution is 6.00. The van der Waals surface area contributed by atoms with Crippen molar-refractivity contribution >= 4 is 11.6 Å². The average molecular weight is 301 g/mol. The molecule has 1 amide bonds. The first-order valence-corrected chi connectivity index (χ1v) is 5.61. The molecule has 0 aliphatic heterocycles. The van der Waals surface area contributed by atoms with E-state index in [1.807, 2.05) is 5.43 Å². The Balaban J connectivity index is 2.24. The number of benzene rings is 1. The van der Waals surface area contributed by atoms with Gasteiger partial charge in [-0.2, -0.15) is 18.4 Å². The van der Waals surface area contributed by atoms with Crippen LogP contribution in [0.25, 0.3) is 0 Å². The van der Waals surface area contributed by atoms with Gasteiger partial charge < -0.3 is 10.7 Å². The smallest absolute Gasteiger partial charge is 0.345 e. The van der Waals surface area contributed by atoms with E-state index < -0.39 is 23.3 Å². The molecule has 1 aromatic carbocycles. The van der Waals surface area contributed by atoms with Gasteiger partial charge in [-0.3, -0.25) is 10.6 Å². The van der Waals surface area contributed by atoms with Crippen LogP contribution >= 0.6 is 0 Å². The topological polar surface area (TPSA) is 122 Å². The van der Waals surface area contributed by atoms with Crippen molar-refractivity contribution in [3.8, 4) is 0 Å². The number of nitrogen functional groups attached to an aromatic ring is 1. The van der Waals surface area contributed by atoms with Crippen molar-refractivity contribution in [2.75, 3.05) is 5.43 Å². The van der Waals surface area contributed by atoms with Gasteiger partial charge in [-0.1, -0.05) is 11.3 Å². The Morgan fingerprint density at radius 3 is 2.71 bits per heavy atom. The maximum Gasteiger partial charge on any atom is 0.418 e. The van der Waals surface area contributed by atoms with Gasteiger partial charge in [-0.25, -0.2) is 0 Å². The lowest BCUT2D eigenvalue weighted by Gasteiger charge is -2.15. The molecule has 0 saturated heterocycles. The van der Waals surface area contributed by atoms with Gasteiger partial charge in [-0.05, 0) is 12.1 Å². The third kappa shape index (κ3) is 3.25. The summed E-state index contributed by atoms with van der Waals surface area (Å²) >= 11 is 0. The molecule has 0 saturated carbocycles.